The summed E-state index contributed by atoms with van der Waals surface area (Å²) < 4.78 is 11.6. The van der Waals surface area contributed by atoms with Gasteiger partial charge in [0.2, 0.25) is 0 Å². The molecule has 0 aliphatic heterocycles. The van der Waals surface area contributed by atoms with E-state index >= 15 is 0 Å². The Bertz CT molecular complexity index is 1040. The number of benzene rings is 3. The molecule has 184 valence electrons. The molecule has 3 aromatic rings. The minimum absolute atomic E-state index is 0.365. The van der Waals surface area contributed by atoms with Crippen molar-refractivity contribution in [3.8, 4) is 16.9 Å². The molecular weight excluding hydrogens is 436 g/mol. The molecule has 0 radical (unpaired) electrons. The number of hydrogen-bond donors (Lipinski definition) is 1. The van der Waals surface area contributed by atoms with E-state index in [-0.39, 0.29) is 0 Å². The number of ether oxygens (including phenoxy) is 2. The predicted molar refractivity (Wildman–Crippen MR) is 140 cm³/mol. The highest BCUT2D eigenvalue weighted by atomic mass is 16.5. The monoisotopic (exact) mass is 472 g/mol. The summed E-state index contributed by atoms with van der Waals surface area (Å²) in [4.78, 5) is 11.6. The van der Waals surface area contributed by atoms with Crippen LogP contribution in [0.3, 0.4) is 0 Å². The Balaban J connectivity index is 1.24. The SMILES string of the molecule is CCCCCCOC(Cc1ccc(OCCCC2c3ccccc3-c3ccccc32)cc1)C(=O)O. The van der Waals surface area contributed by atoms with Crippen molar-refractivity contribution in [1.82, 2.24) is 0 Å². The number of fused-ring (bicyclic) bond motifs is 3. The molecule has 0 aromatic heterocycles. The van der Waals surface area contributed by atoms with Gasteiger partial charge in [-0.15, -0.1) is 0 Å². The van der Waals surface area contributed by atoms with Gasteiger partial charge in [-0.2, -0.15) is 0 Å². The van der Waals surface area contributed by atoms with Crippen LogP contribution in [0.1, 0.15) is 68.1 Å². The van der Waals surface area contributed by atoms with Gasteiger partial charge in [-0.3, -0.25) is 0 Å². The second-order valence-corrected chi connectivity index (χ2v) is 9.32. The molecule has 4 rings (SSSR count). The Morgan fingerprint density at radius 2 is 1.49 bits per heavy atom. The third kappa shape index (κ3) is 6.52. The molecule has 0 heterocycles. The van der Waals surface area contributed by atoms with Crippen LogP contribution in [0, 0.1) is 0 Å². The van der Waals surface area contributed by atoms with Crippen molar-refractivity contribution in [2.45, 2.75) is 63.9 Å². The maximum absolute atomic E-state index is 11.6. The van der Waals surface area contributed by atoms with E-state index in [4.69, 9.17) is 9.47 Å². The summed E-state index contributed by atoms with van der Waals surface area (Å²) in [6.07, 6.45) is 5.86. The second kappa shape index (κ2) is 12.6. The first-order chi connectivity index (χ1) is 17.2. The molecule has 1 aliphatic rings. The molecule has 1 aliphatic carbocycles. The fraction of sp³-hybridized carbons (Fsp3) is 0.387. The van der Waals surface area contributed by atoms with Crippen molar-refractivity contribution in [2.75, 3.05) is 13.2 Å². The lowest BCUT2D eigenvalue weighted by Crippen LogP contribution is -2.26. The zero-order valence-electron chi connectivity index (χ0n) is 20.6. The van der Waals surface area contributed by atoms with Crippen LogP contribution in [0.2, 0.25) is 0 Å². The van der Waals surface area contributed by atoms with Gasteiger partial charge in [-0.25, -0.2) is 4.79 Å². The molecule has 35 heavy (non-hydrogen) atoms. The van der Waals surface area contributed by atoms with Crippen molar-refractivity contribution in [2.24, 2.45) is 0 Å². The molecule has 0 saturated heterocycles. The third-order valence-corrected chi connectivity index (χ3v) is 6.81. The number of aliphatic carboxylic acids is 1. The lowest BCUT2D eigenvalue weighted by molar-refractivity contribution is -0.150. The minimum atomic E-state index is -0.907. The van der Waals surface area contributed by atoms with Crippen LogP contribution in [0.25, 0.3) is 11.1 Å². The molecule has 1 atom stereocenters. The maximum Gasteiger partial charge on any atom is 0.333 e. The minimum Gasteiger partial charge on any atom is -0.494 e. The molecule has 4 nitrogen and oxygen atoms in total. The molecule has 0 amide bonds. The zero-order chi connectivity index (χ0) is 24.5. The fourth-order valence-electron chi connectivity index (χ4n) is 4.96. The predicted octanol–water partition coefficient (Wildman–Crippen LogP) is 7.25. The highest BCUT2D eigenvalue weighted by Gasteiger charge is 2.27. The van der Waals surface area contributed by atoms with Gasteiger partial charge in [-0.1, -0.05) is 86.8 Å². The van der Waals surface area contributed by atoms with Gasteiger partial charge in [0.05, 0.1) is 6.61 Å². The van der Waals surface area contributed by atoms with Gasteiger partial charge in [0.25, 0.3) is 0 Å². The summed E-state index contributed by atoms with van der Waals surface area (Å²) in [5.41, 5.74) is 6.48. The van der Waals surface area contributed by atoms with Crippen molar-refractivity contribution < 1.29 is 19.4 Å². The summed E-state index contributed by atoms with van der Waals surface area (Å²) >= 11 is 0. The number of unbranched alkanes of at least 4 members (excludes halogenated alkanes) is 3. The molecule has 0 spiro atoms. The second-order valence-electron chi connectivity index (χ2n) is 9.32. The molecular formula is C31H36O4. The van der Waals surface area contributed by atoms with Crippen molar-refractivity contribution >= 4 is 5.97 Å². The number of carboxylic acid groups (broad SMARTS) is 1. The number of rotatable bonds is 14. The Kier molecular flexibility index (Phi) is 8.96. The van der Waals surface area contributed by atoms with E-state index < -0.39 is 12.1 Å². The van der Waals surface area contributed by atoms with Gasteiger partial charge in [-0.05, 0) is 59.2 Å². The van der Waals surface area contributed by atoms with E-state index in [0.717, 1.165) is 49.8 Å². The van der Waals surface area contributed by atoms with Crippen LogP contribution in [-0.4, -0.2) is 30.4 Å². The van der Waals surface area contributed by atoms with E-state index in [1.807, 2.05) is 24.3 Å². The van der Waals surface area contributed by atoms with Crippen LogP contribution in [-0.2, 0) is 16.0 Å². The largest absolute Gasteiger partial charge is 0.494 e. The lowest BCUT2D eigenvalue weighted by Gasteiger charge is -2.15. The average Bonchev–Trinajstić information content (AvgIpc) is 3.20. The van der Waals surface area contributed by atoms with E-state index in [1.165, 1.54) is 22.3 Å². The number of carbonyl (C=O) groups is 1. The molecule has 1 unspecified atom stereocenters. The van der Waals surface area contributed by atoms with Crippen molar-refractivity contribution in [3.05, 3.63) is 89.5 Å². The third-order valence-electron chi connectivity index (χ3n) is 6.81. The average molecular weight is 473 g/mol. The van der Waals surface area contributed by atoms with Crippen LogP contribution >= 0.6 is 0 Å². The zero-order valence-corrected chi connectivity index (χ0v) is 20.6. The standard InChI is InChI=1S/C31H36O4/c1-2-3-4-9-20-35-30(31(32)33)22-23-16-18-24(19-17-23)34-21-10-15-29-27-13-7-5-11-25(27)26-12-6-8-14-28(26)29/h5-8,11-14,16-19,29-30H,2-4,9-10,15,20-22H2,1H3,(H,32,33). The van der Waals surface area contributed by atoms with Gasteiger partial charge in [0, 0.05) is 18.9 Å². The lowest BCUT2D eigenvalue weighted by atomic mass is 9.92. The molecule has 0 fully saturated rings. The van der Waals surface area contributed by atoms with Crippen LogP contribution in [0.15, 0.2) is 72.8 Å². The number of carboxylic acids is 1. The number of hydrogen-bond acceptors (Lipinski definition) is 3. The fourth-order valence-corrected chi connectivity index (χ4v) is 4.96. The van der Waals surface area contributed by atoms with Crippen LogP contribution < -0.4 is 4.74 Å². The van der Waals surface area contributed by atoms with Gasteiger partial charge in [0.1, 0.15) is 5.75 Å². The summed E-state index contributed by atoms with van der Waals surface area (Å²) in [5, 5.41) is 9.50. The summed E-state index contributed by atoms with van der Waals surface area (Å²) in [7, 11) is 0. The summed E-state index contributed by atoms with van der Waals surface area (Å²) in [6, 6.07) is 25.2. The Morgan fingerprint density at radius 1 is 0.829 bits per heavy atom. The molecule has 3 aromatic carbocycles. The topological polar surface area (TPSA) is 55.8 Å². The van der Waals surface area contributed by atoms with Crippen molar-refractivity contribution in [3.63, 3.8) is 0 Å². The Labute approximate surface area is 208 Å². The first-order valence-corrected chi connectivity index (χ1v) is 12.9. The van der Waals surface area contributed by atoms with E-state index in [2.05, 4.69) is 55.5 Å². The molecule has 0 bridgehead atoms. The smallest absolute Gasteiger partial charge is 0.333 e. The van der Waals surface area contributed by atoms with Crippen LogP contribution in [0.4, 0.5) is 0 Å². The quantitative estimate of drug-likeness (QED) is 0.251. The van der Waals surface area contributed by atoms with E-state index in [0.29, 0.717) is 25.6 Å². The summed E-state index contributed by atoms with van der Waals surface area (Å²) in [5.74, 6) is 0.326. The highest BCUT2D eigenvalue weighted by Crippen LogP contribution is 2.46. The van der Waals surface area contributed by atoms with Crippen molar-refractivity contribution in [1.29, 1.82) is 0 Å². The van der Waals surface area contributed by atoms with E-state index in [9.17, 15) is 9.90 Å². The maximum atomic E-state index is 11.6. The van der Waals surface area contributed by atoms with Gasteiger partial charge < -0.3 is 14.6 Å². The molecule has 1 N–H and O–H groups in total. The Hall–Kier alpha value is -3.11. The van der Waals surface area contributed by atoms with Gasteiger partial charge in [0.15, 0.2) is 6.10 Å². The van der Waals surface area contributed by atoms with E-state index in [1.54, 1.807) is 0 Å². The highest BCUT2D eigenvalue weighted by molar-refractivity contribution is 5.78. The first kappa shape index (κ1) is 25.0. The Morgan fingerprint density at radius 3 is 2.11 bits per heavy atom. The summed E-state index contributed by atoms with van der Waals surface area (Å²) in [6.45, 7) is 3.30. The van der Waals surface area contributed by atoms with Gasteiger partial charge >= 0.3 is 5.97 Å². The normalized spacial score (nSPS) is 13.3. The van der Waals surface area contributed by atoms with Crippen LogP contribution in [0.5, 0.6) is 5.75 Å². The molecule has 0 saturated carbocycles. The first-order valence-electron chi connectivity index (χ1n) is 12.9. The molecule has 4 heteroatoms.